The summed E-state index contributed by atoms with van der Waals surface area (Å²) < 4.78 is 3.06. The minimum absolute atomic E-state index is 0.221. The quantitative estimate of drug-likeness (QED) is 0.478. The van der Waals surface area contributed by atoms with E-state index in [1.807, 2.05) is 6.07 Å². The zero-order valence-electron chi connectivity index (χ0n) is 16.7. The number of anilines is 1. The van der Waals surface area contributed by atoms with Gasteiger partial charge in [0.25, 0.3) is 11.5 Å². The van der Waals surface area contributed by atoms with Crippen molar-refractivity contribution < 1.29 is 4.79 Å². The van der Waals surface area contributed by atoms with E-state index in [2.05, 4.69) is 25.4 Å². The van der Waals surface area contributed by atoms with Crippen LogP contribution in [0.1, 0.15) is 29.6 Å². The Balaban J connectivity index is 1.64. The highest BCUT2D eigenvalue weighted by atomic mass is 16.2. The summed E-state index contributed by atoms with van der Waals surface area (Å²) in [7, 11) is 1.58. The number of hydrazone groups is 1. The molecule has 0 atom stereocenters. The van der Waals surface area contributed by atoms with Crippen LogP contribution in [0, 0.1) is 0 Å². The Morgan fingerprint density at radius 1 is 1.20 bits per heavy atom. The van der Waals surface area contributed by atoms with Crippen LogP contribution in [0.4, 0.5) is 5.95 Å². The van der Waals surface area contributed by atoms with Crippen LogP contribution < -0.4 is 21.6 Å². The number of nitrogens with one attached hydrogen (secondary N) is 2. The molecule has 0 radical (unpaired) electrons. The molecule has 0 aliphatic carbocycles. The minimum atomic E-state index is -0.508. The van der Waals surface area contributed by atoms with Gasteiger partial charge in [0, 0.05) is 31.9 Å². The van der Waals surface area contributed by atoms with Crippen LogP contribution in [0.15, 0.2) is 45.0 Å². The van der Waals surface area contributed by atoms with Gasteiger partial charge < -0.3 is 4.90 Å². The molecule has 3 heterocycles. The number of H-pyrrole nitrogens is 1. The van der Waals surface area contributed by atoms with Gasteiger partial charge in [0.2, 0.25) is 5.95 Å². The highest BCUT2D eigenvalue weighted by Gasteiger charge is 2.22. The smallest absolute Gasteiger partial charge is 0.329 e. The minimum Gasteiger partial charge on any atom is -0.342 e. The number of rotatable bonds is 5. The molecule has 3 aromatic rings. The molecule has 2 aromatic heterocycles. The lowest BCUT2D eigenvalue weighted by molar-refractivity contribution is 0.0955. The van der Waals surface area contributed by atoms with Crippen molar-refractivity contribution in [2.24, 2.45) is 12.1 Å². The van der Waals surface area contributed by atoms with Crippen molar-refractivity contribution >= 4 is 29.2 Å². The molecule has 156 valence electrons. The molecule has 10 heteroatoms. The zero-order valence-corrected chi connectivity index (χ0v) is 16.7. The average molecular weight is 409 g/mol. The maximum Gasteiger partial charge on any atom is 0.329 e. The number of imidazole rings is 1. The lowest BCUT2D eigenvalue weighted by atomic mass is 10.1. The zero-order chi connectivity index (χ0) is 21.1. The van der Waals surface area contributed by atoms with Crippen molar-refractivity contribution in [1.29, 1.82) is 0 Å². The fourth-order valence-corrected chi connectivity index (χ4v) is 3.61. The number of hydrogen-bond donors (Lipinski definition) is 2. The lowest BCUT2D eigenvalue weighted by Crippen LogP contribution is -2.32. The molecule has 2 N–H and O–H groups in total. The van der Waals surface area contributed by atoms with E-state index in [1.165, 1.54) is 10.8 Å². The Hall–Kier alpha value is -3.69. The van der Waals surface area contributed by atoms with Gasteiger partial charge >= 0.3 is 5.69 Å². The number of piperidine rings is 1. The fraction of sp³-hybridized carbons (Fsp3) is 0.350. The van der Waals surface area contributed by atoms with Crippen molar-refractivity contribution in [3.63, 3.8) is 0 Å². The highest BCUT2D eigenvalue weighted by Crippen LogP contribution is 2.22. The second-order valence-electron chi connectivity index (χ2n) is 7.18. The van der Waals surface area contributed by atoms with E-state index >= 15 is 0 Å². The number of aromatic amines is 1. The van der Waals surface area contributed by atoms with Crippen molar-refractivity contribution in [3.8, 4) is 0 Å². The van der Waals surface area contributed by atoms with Gasteiger partial charge in [-0.3, -0.25) is 23.7 Å². The first-order valence-corrected chi connectivity index (χ1v) is 9.87. The molecular formula is C20H23N7O3. The molecule has 1 aliphatic heterocycles. The molecule has 1 aliphatic rings. The third-order valence-electron chi connectivity index (χ3n) is 5.18. The monoisotopic (exact) mass is 409 g/mol. The number of aryl methyl sites for hydroxylation is 1. The predicted octanol–water partition coefficient (Wildman–Crippen LogP) is 0.829. The fourth-order valence-electron chi connectivity index (χ4n) is 3.61. The number of aromatic nitrogens is 4. The average Bonchev–Trinajstić information content (AvgIpc) is 3.16. The van der Waals surface area contributed by atoms with Gasteiger partial charge in [-0.15, -0.1) is 0 Å². The van der Waals surface area contributed by atoms with Gasteiger partial charge in [-0.1, -0.05) is 18.2 Å². The van der Waals surface area contributed by atoms with Gasteiger partial charge in [0.1, 0.15) is 0 Å². The van der Waals surface area contributed by atoms with Crippen molar-refractivity contribution in [3.05, 3.63) is 56.7 Å². The molecule has 10 nitrogen and oxygen atoms in total. The van der Waals surface area contributed by atoms with Gasteiger partial charge in [-0.2, -0.15) is 10.1 Å². The van der Waals surface area contributed by atoms with E-state index in [-0.39, 0.29) is 12.5 Å². The number of carbonyl (C=O) groups excluding carboxylic acids is 1. The summed E-state index contributed by atoms with van der Waals surface area (Å²) in [6.45, 7) is 1.88. The second-order valence-corrected chi connectivity index (χ2v) is 7.18. The first-order valence-electron chi connectivity index (χ1n) is 9.87. The molecule has 1 saturated heterocycles. The molecule has 0 unspecified atom stereocenters. The SMILES string of the molecule is Cn1c(=O)[nH]c(=O)c2c1nc(N1CCCCC1)n2C/C=N\NC(=O)c1ccccc1. The first-order chi connectivity index (χ1) is 14.6. The van der Waals surface area contributed by atoms with Crippen molar-refractivity contribution in [2.75, 3.05) is 18.0 Å². The Bertz CT molecular complexity index is 1200. The highest BCUT2D eigenvalue weighted by molar-refractivity contribution is 5.94. The van der Waals surface area contributed by atoms with Gasteiger partial charge in [0.05, 0.1) is 6.54 Å². The number of carbonyl (C=O) groups is 1. The molecule has 1 aromatic carbocycles. The Morgan fingerprint density at radius 3 is 2.67 bits per heavy atom. The van der Waals surface area contributed by atoms with Crippen LogP contribution >= 0.6 is 0 Å². The van der Waals surface area contributed by atoms with Crippen molar-refractivity contribution in [2.45, 2.75) is 25.8 Å². The maximum atomic E-state index is 12.5. The first kappa shape index (κ1) is 19.6. The van der Waals surface area contributed by atoms with Gasteiger partial charge in [-0.05, 0) is 31.4 Å². The van der Waals surface area contributed by atoms with E-state index in [0.717, 1.165) is 32.4 Å². The van der Waals surface area contributed by atoms with Crippen LogP contribution in [-0.4, -0.2) is 44.3 Å². The van der Waals surface area contributed by atoms with Gasteiger partial charge in [-0.25, -0.2) is 10.2 Å². The molecular weight excluding hydrogens is 386 g/mol. The van der Waals surface area contributed by atoms with E-state index in [4.69, 9.17) is 0 Å². The summed E-state index contributed by atoms with van der Waals surface area (Å²) in [5.74, 6) is 0.302. The van der Waals surface area contributed by atoms with E-state index < -0.39 is 11.2 Å². The number of fused-ring (bicyclic) bond motifs is 1. The summed E-state index contributed by atoms with van der Waals surface area (Å²) in [5.41, 5.74) is 2.61. The van der Waals surface area contributed by atoms with Crippen LogP contribution in [-0.2, 0) is 13.6 Å². The molecule has 0 bridgehead atoms. The lowest BCUT2D eigenvalue weighted by Gasteiger charge is -2.27. The maximum absolute atomic E-state index is 12.5. The summed E-state index contributed by atoms with van der Waals surface area (Å²) in [4.78, 5) is 45.7. The van der Waals surface area contributed by atoms with E-state index in [1.54, 1.807) is 35.9 Å². The summed E-state index contributed by atoms with van der Waals surface area (Å²) in [5, 5.41) is 4.01. The van der Waals surface area contributed by atoms with E-state index in [9.17, 15) is 14.4 Å². The molecule has 1 fully saturated rings. The Morgan fingerprint density at radius 2 is 1.93 bits per heavy atom. The Labute approximate surface area is 171 Å². The largest absolute Gasteiger partial charge is 0.342 e. The van der Waals surface area contributed by atoms with E-state index in [0.29, 0.717) is 22.7 Å². The van der Waals surface area contributed by atoms with Crippen LogP contribution in [0.3, 0.4) is 0 Å². The summed E-state index contributed by atoms with van der Waals surface area (Å²) in [6, 6.07) is 8.78. The molecule has 30 heavy (non-hydrogen) atoms. The third-order valence-corrected chi connectivity index (χ3v) is 5.18. The van der Waals surface area contributed by atoms with Crippen molar-refractivity contribution in [1.82, 2.24) is 24.5 Å². The normalized spacial score (nSPS) is 14.5. The Kier molecular flexibility index (Phi) is 5.46. The number of hydrogen-bond acceptors (Lipinski definition) is 6. The third kappa shape index (κ3) is 3.76. The van der Waals surface area contributed by atoms with Crippen LogP contribution in [0.25, 0.3) is 11.2 Å². The standard InChI is InChI=1S/C20H23N7O3/c1-25-16-15(18(29)23-20(25)30)27(19(22-16)26-11-6-3-7-12-26)13-10-21-24-17(28)14-8-4-2-5-9-14/h2,4-5,8-10H,3,6-7,11-13H2,1H3,(H,24,28)(H,23,29,30)/b21-10-. The molecule has 0 spiro atoms. The summed E-state index contributed by atoms with van der Waals surface area (Å²) >= 11 is 0. The molecule has 1 amide bonds. The topological polar surface area (TPSA) is 117 Å². The molecule has 0 saturated carbocycles. The van der Waals surface area contributed by atoms with Gasteiger partial charge in [0.15, 0.2) is 11.2 Å². The second kappa shape index (κ2) is 8.36. The number of amides is 1. The summed E-state index contributed by atoms with van der Waals surface area (Å²) in [6.07, 6.45) is 4.75. The predicted molar refractivity (Wildman–Crippen MR) is 114 cm³/mol. The number of nitrogens with zero attached hydrogens (tertiary/aromatic N) is 5. The number of benzene rings is 1. The van der Waals surface area contributed by atoms with Crippen LogP contribution in [0.5, 0.6) is 0 Å². The molecule has 4 rings (SSSR count). The van der Waals surface area contributed by atoms with Crippen LogP contribution in [0.2, 0.25) is 0 Å².